The van der Waals surface area contributed by atoms with Gasteiger partial charge in [-0.15, -0.1) is 0 Å². The van der Waals surface area contributed by atoms with Crippen LogP contribution in [-0.2, 0) is 4.79 Å². The number of fused-ring (bicyclic) bond motifs is 1. The SMILES string of the molecule is BN1C(N(C)C)=C(c2nc3ccccc3[nH]2)C(=O)C1(C)C. The highest BCUT2D eigenvalue weighted by Crippen LogP contribution is 2.37. The Morgan fingerprint density at radius 2 is 1.95 bits per heavy atom. The number of carbonyl (C=O) groups is 1. The lowest BCUT2D eigenvalue weighted by Crippen LogP contribution is -2.44. The molecular formula is C15H19BN4O. The van der Waals surface area contributed by atoms with E-state index in [4.69, 9.17) is 0 Å². The maximum atomic E-state index is 12.8. The Morgan fingerprint density at radius 3 is 2.57 bits per heavy atom. The zero-order chi connectivity index (χ0) is 15.4. The Hall–Kier alpha value is -2.24. The number of aromatic amines is 1. The molecule has 0 aliphatic carbocycles. The van der Waals surface area contributed by atoms with Crippen molar-refractivity contribution in [2.45, 2.75) is 19.4 Å². The van der Waals surface area contributed by atoms with E-state index < -0.39 is 5.54 Å². The third kappa shape index (κ3) is 1.86. The van der Waals surface area contributed by atoms with Crippen LogP contribution in [0.2, 0.25) is 0 Å². The molecule has 1 N–H and O–H groups in total. The summed E-state index contributed by atoms with van der Waals surface area (Å²) in [6.07, 6.45) is 0. The minimum Gasteiger partial charge on any atom is -0.397 e. The molecule has 6 heteroatoms. The van der Waals surface area contributed by atoms with Gasteiger partial charge in [-0.25, -0.2) is 4.98 Å². The first kappa shape index (κ1) is 13.7. The highest BCUT2D eigenvalue weighted by atomic mass is 16.1. The third-order valence-corrected chi connectivity index (χ3v) is 4.21. The van der Waals surface area contributed by atoms with E-state index in [0.717, 1.165) is 16.9 Å². The predicted octanol–water partition coefficient (Wildman–Crippen LogP) is 1.00. The summed E-state index contributed by atoms with van der Waals surface area (Å²) in [5.41, 5.74) is 1.91. The third-order valence-electron chi connectivity index (χ3n) is 4.21. The fraction of sp³-hybridized carbons (Fsp3) is 0.333. The van der Waals surface area contributed by atoms with Crippen molar-refractivity contribution in [2.75, 3.05) is 14.1 Å². The zero-order valence-electron chi connectivity index (χ0n) is 13.1. The first-order chi connectivity index (χ1) is 9.84. The van der Waals surface area contributed by atoms with E-state index in [-0.39, 0.29) is 5.78 Å². The number of H-pyrrole nitrogens is 1. The average molecular weight is 282 g/mol. The van der Waals surface area contributed by atoms with Gasteiger partial charge in [-0.05, 0) is 26.0 Å². The van der Waals surface area contributed by atoms with Gasteiger partial charge in [0.05, 0.1) is 16.6 Å². The summed E-state index contributed by atoms with van der Waals surface area (Å²) in [6, 6.07) is 7.81. The van der Waals surface area contributed by atoms with Crippen LogP contribution in [0.1, 0.15) is 19.7 Å². The molecule has 21 heavy (non-hydrogen) atoms. The molecule has 1 aliphatic heterocycles. The van der Waals surface area contributed by atoms with Crippen molar-refractivity contribution in [1.29, 1.82) is 0 Å². The highest BCUT2D eigenvalue weighted by molar-refractivity contribution is 6.30. The Kier molecular flexibility index (Phi) is 2.86. The van der Waals surface area contributed by atoms with E-state index in [2.05, 4.69) is 9.97 Å². The lowest BCUT2D eigenvalue weighted by atomic mass is 9.94. The summed E-state index contributed by atoms with van der Waals surface area (Å²) < 4.78 is 0. The number of ketones is 1. The van der Waals surface area contributed by atoms with Gasteiger partial charge in [-0.2, -0.15) is 0 Å². The van der Waals surface area contributed by atoms with Crippen LogP contribution in [-0.4, -0.2) is 53.1 Å². The Balaban J connectivity index is 2.24. The normalized spacial score (nSPS) is 17.9. The summed E-state index contributed by atoms with van der Waals surface area (Å²) >= 11 is 0. The molecule has 0 bridgehead atoms. The van der Waals surface area contributed by atoms with Crippen molar-refractivity contribution < 1.29 is 4.79 Å². The van der Waals surface area contributed by atoms with Crippen molar-refractivity contribution in [3.8, 4) is 0 Å². The molecule has 0 amide bonds. The van der Waals surface area contributed by atoms with Gasteiger partial charge in [0, 0.05) is 14.1 Å². The molecule has 0 spiro atoms. The number of rotatable bonds is 2. The minimum absolute atomic E-state index is 0.0905. The molecule has 0 atom stereocenters. The van der Waals surface area contributed by atoms with Crippen molar-refractivity contribution in [3.63, 3.8) is 0 Å². The largest absolute Gasteiger partial charge is 0.397 e. The molecule has 2 aromatic rings. The maximum absolute atomic E-state index is 12.8. The minimum atomic E-state index is -0.562. The van der Waals surface area contributed by atoms with E-state index in [1.165, 1.54) is 0 Å². The summed E-state index contributed by atoms with van der Waals surface area (Å²) in [5, 5.41) is 0. The summed E-state index contributed by atoms with van der Waals surface area (Å²) in [4.78, 5) is 24.7. The van der Waals surface area contributed by atoms with E-state index in [9.17, 15) is 4.79 Å². The first-order valence-electron chi connectivity index (χ1n) is 6.99. The average Bonchev–Trinajstić information content (AvgIpc) is 2.92. The van der Waals surface area contributed by atoms with Crippen LogP contribution in [0.4, 0.5) is 0 Å². The Morgan fingerprint density at radius 1 is 1.29 bits per heavy atom. The molecule has 1 aromatic carbocycles. The number of nitrogens with zero attached hydrogens (tertiary/aromatic N) is 3. The zero-order valence-corrected chi connectivity index (χ0v) is 13.1. The molecular weight excluding hydrogens is 263 g/mol. The fourth-order valence-corrected chi connectivity index (χ4v) is 2.80. The standard InChI is InChI=1S/C15H19BN4O/c1-15(2)12(21)11(14(19(3)4)20(15)16)13-17-9-7-5-6-8-10(9)18-13/h5-8H,16H2,1-4H3,(H,17,18). The molecule has 3 rings (SSSR count). The number of hydrogen-bond acceptors (Lipinski definition) is 4. The molecule has 1 aromatic heterocycles. The number of hydrogen-bond donors (Lipinski definition) is 1. The number of nitrogens with one attached hydrogen (secondary N) is 1. The second-order valence-electron chi connectivity index (χ2n) is 6.14. The summed E-state index contributed by atoms with van der Waals surface area (Å²) in [5.74, 6) is 1.62. The molecule has 0 radical (unpaired) electrons. The van der Waals surface area contributed by atoms with Gasteiger partial charge in [0.1, 0.15) is 17.2 Å². The van der Waals surface area contributed by atoms with Gasteiger partial charge in [-0.3, -0.25) is 4.79 Å². The summed E-state index contributed by atoms with van der Waals surface area (Å²) in [7, 11) is 5.84. The number of benzene rings is 1. The van der Waals surface area contributed by atoms with Crippen LogP contribution in [0.3, 0.4) is 0 Å². The molecule has 0 unspecified atom stereocenters. The second-order valence-corrected chi connectivity index (χ2v) is 6.14. The lowest BCUT2D eigenvalue weighted by molar-refractivity contribution is -0.119. The summed E-state index contributed by atoms with van der Waals surface area (Å²) in [6.45, 7) is 3.88. The first-order valence-corrected chi connectivity index (χ1v) is 6.99. The maximum Gasteiger partial charge on any atom is 0.220 e. The number of aromatic nitrogens is 2. The van der Waals surface area contributed by atoms with Crippen molar-refractivity contribution in [2.24, 2.45) is 0 Å². The van der Waals surface area contributed by atoms with Crippen molar-refractivity contribution in [1.82, 2.24) is 19.7 Å². The van der Waals surface area contributed by atoms with Crippen LogP contribution >= 0.6 is 0 Å². The van der Waals surface area contributed by atoms with Gasteiger partial charge in [0.15, 0.2) is 5.78 Å². The molecule has 1 aliphatic rings. The van der Waals surface area contributed by atoms with Gasteiger partial charge in [-0.1, -0.05) is 12.1 Å². The van der Waals surface area contributed by atoms with Gasteiger partial charge >= 0.3 is 0 Å². The monoisotopic (exact) mass is 282 g/mol. The van der Waals surface area contributed by atoms with E-state index in [0.29, 0.717) is 11.4 Å². The molecule has 5 nitrogen and oxygen atoms in total. The fourth-order valence-electron chi connectivity index (χ4n) is 2.80. The predicted molar refractivity (Wildman–Crippen MR) is 86.2 cm³/mol. The van der Waals surface area contributed by atoms with E-state index in [1.807, 2.05) is 69.9 Å². The molecule has 0 fully saturated rings. The quantitative estimate of drug-likeness (QED) is 0.835. The van der Waals surface area contributed by atoms with Crippen LogP contribution < -0.4 is 0 Å². The van der Waals surface area contributed by atoms with Crippen LogP contribution in [0, 0.1) is 0 Å². The Bertz CT molecular complexity index is 727. The van der Waals surface area contributed by atoms with Crippen LogP contribution in [0.5, 0.6) is 0 Å². The smallest absolute Gasteiger partial charge is 0.220 e. The van der Waals surface area contributed by atoms with Crippen molar-refractivity contribution in [3.05, 3.63) is 35.9 Å². The number of carbonyl (C=O) groups excluding carboxylic acids is 1. The second kappa shape index (κ2) is 4.38. The molecule has 2 heterocycles. The lowest BCUT2D eigenvalue weighted by Gasteiger charge is -2.33. The Labute approximate surface area is 125 Å². The molecule has 108 valence electrons. The highest BCUT2D eigenvalue weighted by Gasteiger charge is 2.45. The molecule has 0 saturated heterocycles. The van der Waals surface area contributed by atoms with E-state index in [1.54, 1.807) is 0 Å². The van der Waals surface area contributed by atoms with Crippen LogP contribution in [0.15, 0.2) is 30.1 Å². The van der Waals surface area contributed by atoms with Crippen molar-refractivity contribution >= 4 is 30.4 Å². The molecule has 0 saturated carbocycles. The van der Waals surface area contributed by atoms with E-state index >= 15 is 0 Å². The van der Waals surface area contributed by atoms with Gasteiger partial charge in [0.25, 0.3) is 0 Å². The number of Topliss-reactive ketones (excluding diaryl/α,β-unsaturated/α-hetero) is 1. The topological polar surface area (TPSA) is 52.2 Å². The van der Waals surface area contributed by atoms with Crippen LogP contribution in [0.25, 0.3) is 16.6 Å². The number of para-hydroxylation sites is 2. The number of imidazole rings is 1. The van der Waals surface area contributed by atoms with Gasteiger partial charge in [0.2, 0.25) is 7.98 Å². The van der Waals surface area contributed by atoms with Gasteiger partial charge < -0.3 is 14.7 Å².